The van der Waals surface area contributed by atoms with E-state index in [2.05, 4.69) is 27.3 Å². The number of hydrogen-bond acceptors (Lipinski definition) is 4. The molecule has 3 fully saturated rings. The topological polar surface area (TPSA) is 87.3 Å². The van der Waals surface area contributed by atoms with Crippen LogP contribution in [0.2, 0.25) is 0 Å². The van der Waals surface area contributed by atoms with Crippen LogP contribution in [0.15, 0.2) is 12.4 Å². The van der Waals surface area contributed by atoms with Crippen molar-refractivity contribution in [3.8, 4) is 0 Å². The molecule has 0 unspecified atom stereocenters. The van der Waals surface area contributed by atoms with Crippen LogP contribution >= 0.6 is 0 Å². The van der Waals surface area contributed by atoms with Gasteiger partial charge in [0.25, 0.3) is 5.91 Å². The Kier molecular flexibility index (Phi) is 5.99. The number of fused-ring (bicyclic) bond motifs is 1. The summed E-state index contributed by atoms with van der Waals surface area (Å²) in [6.07, 6.45) is 10.1. The van der Waals surface area contributed by atoms with Crippen LogP contribution in [0.4, 0.5) is 0 Å². The van der Waals surface area contributed by atoms with Crippen molar-refractivity contribution in [1.82, 2.24) is 20.4 Å². The normalized spacial score (nSPS) is 32.3. The summed E-state index contributed by atoms with van der Waals surface area (Å²) < 4.78 is 6.07. The molecule has 0 radical (unpaired) electrons. The first-order chi connectivity index (χ1) is 13.7. The van der Waals surface area contributed by atoms with E-state index in [1.165, 1.54) is 25.5 Å². The SMILES string of the molecule is CCCO[C@H]1C[C@@H](C(=O)N2C[C@H]3CCC[C@H]3C2)CC[C@@H]1NC(=O)c1cn[nH]c1. The molecule has 0 bridgehead atoms. The van der Waals surface area contributed by atoms with Gasteiger partial charge in [0.2, 0.25) is 5.91 Å². The van der Waals surface area contributed by atoms with Gasteiger partial charge in [0, 0.05) is 31.8 Å². The van der Waals surface area contributed by atoms with Crippen LogP contribution in [-0.2, 0) is 9.53 Å². The number of nitrogens with zero attached hydrogens (tertiary/aromatic N) is 2. The molecule has 1 aromatic rings. The van der Waals surface area contributed by atoms with Crippen LogP contribution < -0.4 is 5.32 Å². The van der Waals surface area contributed by atoms with Crippen molar-refractivity contribution in [2.75, 3.05) is 19.7 Å². The van der Waals surface area contributed by atoms with Crippen molar-refractivity contribution in [3.05, 3.63) is 18.0 Å². The summed E-state index contributed by atoms with van der Waals surface area (Å²) in [5, 5.41) is 9.60. The minimum Gasteiger partial charge on any atom is -0.376 e. The number of carbonyl (C=O) groups is 2. The van der Waals surface area contributed by atoms with E-state index in [0.717, 1.165) is 44.2 Å². The van der Waals surface area contributed by atoms with Crippen molar-refractivity contribution in [2.24, 2.45) is 17.8 Å². The Morgan fingerprint density at radius 3 is 2.71 bits per heavy atom. The van der Waals surface area contributed by atoms with Gasteiger partial charge in [-0.15, -0.1) is 0 Å². The van der Waals surface area contributed by atoms with Crippen molar-refractivity contribution < 1.29 is 14.3 Å². The molecule has 2 heterocycles. The zero-order valence-corrected chi connectivity index (χ0v) is 16.7. The molecule has 0 aromatic carbocycles. The van der Waals surface area contributed by atoms with E-state index >= 15 is 0 Å². The predicted molar refractivity (Wildman–Crippen MR) is 105 cm³/mol. The summed E-state index contributed by atoms with van der Waals surface area (Å²) in [4.78, 5) is 27.7. The molecule has 1 saturated heterocycles. The van der Waals surface area contributed by atoms with E-state index in [4.69, 9.17) is 4.74 Å². The van der Waals surface area contributed by atoms with E-state index < -0.39 is 0 Å². The number of rotatable bonds is 6. The molecule has 5 atom stereocenters. The number of carbonyl (C=O) groups excluding carboxylic acids is 2. The van der Waals surface area contributed by atoms with E-state index in [9.17, 15) is 9.59 Å². The molecule has 28 heavy (non-hydrogen) atoms. The highest BCUT2D eigenvalue weighted by molar-refractivity contribution is 5.93. The Balaban J connectivity index is 1.36. The van der Waals surface area contributed by atoms with E-state index in [1.54, 1.807) is 6.20 Å². The Morgan fingerprint density at radius 2 is 2.04 bits per heavy atom. The molecule has 2 saturated carbocycles. The third-order valence-electron chi connectivity index (χ3n) is 6.79. The minimum atomic E-state index is -0.138. The minimum absolute atomic E-state index is 0.0164. The summed E-state index contributed by atoms with van der Waals surface area (Å²) in [7, 11) is 0. The van der Waals surface area contributed by atoms with Gasteiger partial charge in [-0.1, -0.05) is 13.3 Å². The quantitative estimate of drug-likeness (QED) is 0.783. The zero-order chi connectivity index (χ0) is 19.5. The van der Waals surface area contributed by atoms with Gasteiger partial charge in [-0.25, -0.2) is 0 Å². The van der Waals surface area contributed by atoms with Crippen molar-refractivity contribution in [3.63, 3.8) is 0 Å². The van der Waals surface area contributed by atoms with Gasteiger partial charge in [0.15, 0.2) is 0 Å². The van der Waals surface area contributed by atoms with Gasteiger partial charge in [-0.05, 0) is 50.4 Å². The van der Waals surface area contributed by atoms with E-state index in [1.807, 2.05) is 0 Å². The number of hydrogen-bond donors (Lipinski definition) is 2. The fourth-order valence-corrected chi connectivity index (χ4v) is 5.27. The lowest BCUT2D eigenvalue weighted by molar-refractivity contribution is -0.138. The first-order valence-electron chi connectivity index (χ1n) is 10.9. The predicted octanol–water partition coefficient (Wildman–Crippen LogP) is 2.36. The summed E-state index contributed by atoms with van der Waals surface area (Å²) in [5.74, 6) is 1.63. The van der Waals surface area contributed by atoms with Gasteiger partial charge in [-0.2, -0.15) is 5.10 Å². The molecule has 4 rings (SSSR count). The van der Waals surface area contributed by atoms with Crippen molar-refractivity contribution in [2.45, 2.75) is 64.0 Å². The summed E-state index contributed by atoms with van der Waals surface area (Å²) in [6.45, 7) is 4.62. The van der Waals surface area contributed by atoms with Gasteiger partial charge in [-0.3, -0.25) is 14.7 Å². The molecular formula is C21H32N4O3. The molecule has 1 aromatic heterocycles. The van der Waals surface area contributed by atoms with Crippen LogP contribution in [0, 0.1) is 17.8 Å². The number of likely N-dealkylation sites (tertiary alicyclic amines) is 1. The third-order valence-corrected chi connectivity index (χ3v) is 6.79. The number of aromatic amines is 1. The highest BCUT2D eigenvalue weighted by Gasteiger charge is 2.42. The molecule has 1 aliphatic heterocycles. The molecule has 7 nitrogen and oxygen atoms in total. The Bertz CT molecular complexity index is 665. The smallest absolute Gasteiger partial charge is 0.254 e. The molecule has 2 amide bonds. The molecular weight excluding hydrogens is 356 g/mol. The Labute approximate surface area is 166 Å². The lowest BCUT2D eigenvalue weighted by Crippen LogP contribution is -2.50. The third kappa shape index (κ3) is 4.09. The second-order valence-corrected chi connectivity index (χ2v) is 8.68. The highest BCUT2D eigenvalue weighted by atomic mass is 16.5. The molecule has 7 heteroatoms. The molecule has 154 valence electrons. The summed E-state index contributed by atoms with van der Waals surface area (Å²) >= 11 is 0. The Morgan fingerprint density at radius 1 is 1.25 bits per heavy atom. The number of nitrogens with one attached hydrogen (secondary N) is 2. The highest BCUT2D eigenvalue weighted by Crippen LogP contribution is 2.39. The maximum atomic E-state index is 13.1. The summed E-state index contributed by atoms with van der Waals surface area (Å²) in [6, 6.07) is -0.0593. The monoisotopic (exact) mass is 388 g/mol. The first-order valence-corrected chi connectivity index (χ1v) is 10.9. The second-order valence-electron chi connectivity index (χ2n) is 8.68. The standard InChI is InChI=1S/C21H32N4O3/c1-2-8-28-19-9-14(21(27)25-12-15-4-3-5-16(15)13-25)6-7-18(19)24-20(26)17-10-22-23-11-17/h10-11,14-16,18-19H,2-9,12-13H2,1H3,(H,22,23)(H,24,26)/t14-,15-,16+,18-,19-/m0/s1. The average Bonchev–Trinajstić information content (AvgIpc) is 3.43. The first kappa shape index (κ1) is 19.4. The van der Waals surface area contributed by atoms with Crippen LogP contribution in [0.25, 0.3) is 0 Å². The number of aromatic nitrogens is 2. The van der Waals surface area contributed by atoms with Gasteiger partial charge >= 0.3 is 0 Å². The number of ether oxygens (including phenoxy) is 1. The number of amides is 2. The van der Waals surface area contributed by atoms with Crippen molar-refractivity contribution >= 4 is 11.8 Å². The molecule has 3 aliphatic rings. The zero-order valence-electron chi connectivity index (χ0n) is 16.7. The average molecular weight is 389 g/mol. The van der Waals surface area contributed by atoms with Gasteiger partial charge in [0.05, 0.1) is 23.9 Å². The van der Waals surface area contributed by atoms with Crippen molar-refractivity contribution in [1.29, 1.82) is 0 Å². The maximum absolute atomic E-state index is 13.1. The molecule has 2 aliphatic carbocycles. The largest absolute Gasteiger partial charge is 0.376 e. The summed E-state index contributed by atoms with van der Waals surface area (Å²) in [5.41, 5.74) is 0.524. The lowest BCUT2D eigenvalue weighted by Gasteiger charge is -2.37. The van der Waals surface area contributed by atoms with Crippen LogP contribution in [0.3, 0.4) is 0 Å². The van der Waals surface area contributed by atoms with E-state index in [-0.39, 0.29) is 24.0 Å². The lowest BCUT2D eigenvalue weighted by atomic mass is 9.82. The molecule has 0 spiro atoms. The fourth-order valence-electron chi connectivity index (χ4n) is 5.27. The molecule has 2 N–H and O–H groups in total. The van der Waals surface area contributed by atoms with Crippen LogP contribution in [0.1, 0.15) is 62.2 Å². The van der Waals surface area contributed by atoms with Crippen LogP contribution in [-0.4, -0.2) is 58.8 Å². The second kappa shape index (κ2) is 8.64. The van der Waals surface area contributed by atoms with E-state index in [0.29, 0.717) is 24.5 Å². The van der Waals surface area contributed by atoms with Gasteiger partial charge < -0.3 is 15.0 Å². The van der Waals surface area contributed by atoms with Gasteiger partial charge in [0.1, 0.15) is 0 Å². The fraction of sp³-hybridized carbons (Fsp3) is 0.762. The van der Waals surface area contributed by atoms with Crippen LogP contribution in [0.5, 0.6) is 0 Å². The number of H-pyrrole nitrogens is 1. The maximum Gasteiger partial charge on any atom is 0.254 e. The Hall–Kier alpha value is -1.89.